The SMILES string of the molecule is CS(=O)(=O)c1cc(F)c(OC2CCCN(C3CCNC(=O)C3)C2=O)cc1F. The van der Waals surface area contributed by atoms with Crippen LogP contribution in [0.5, 0.6) is 5.75 Å². The van der Waals surface area contributed by atoms with E-state index in [9.17, 15) is 26.8 Å². The number of sulfone groups is 1. The minimum absolute atomic E-state index is 0.133. The van der Waals surface area contributed by atoms with Gasteiger partial charge in [-0.25, -0.2) is 17.2 Å². The van der Waals surface area contributed by atoms with Crippen LogP contribution in [0.1, 0.15) is 25.7 Å². The first-order chi connectivity index (χ1) is 12.7. The molecule has 10 heteroatoms. The summed E-state index contributed by atoms with van der Waals surface area (Å²) in [6.45, 7) is 0.950. The predicted octanol–water partition coefficient (Wildman–Crippen LogP) is 1.02. The first kappa shape index (κ1) is 19.5. The molecule has 0 radical (unpaired) electrons. The third-order valence-corrected chi connectivity index (χ3v) is 5.85. The molecule has 0 saturated carbocycles. The van der Waals surface area contributed by atoms with Crippen molar-refractivity contribution in [2.24, 2.45) is 0 Å². The molecule has 27 heavy (non-hydrogen) atoms. The molecule has 7 nitrogen and oxygen atoms in total. The van der Waals surface area contributed by atoms with E-state index in [2.05, 4.69) is 5.32 Å². The molecule has 2 heterocycles. The van der Waals surface area contributed by atoms with Crippen molar-refractivity contribution < 1.29 is 31.5 Å². The van der Waals surface area contributed by atoms with Crippen molar-refractivity contribution in [3.8, 4) is 5.75 Å². The summed E-state index contributed by atoms with van der Waals surface area (Å²) in [5, 5.41) is 2.70. The molecule has 2 amide bonds. The van der Waals surface area contributed by atoms with Crippen molar-refractivity contribution in [3.05, 3.63) is 23.8 Å². The van der Waals surface area contributed by atoms with Crippen LogP contribution in [0.15, 0.2) is 17.0 Å². The fourth-order valence-corrected chi connectivity index (χ4v) is 4.14. The Morgan fingerprint density at radius 3 is 2.59 bits per heavy atom. The number of carbonyl (C=O) groups excluding carboxylic acids is 2. The number of hydrogen-bond acceptors (Lipinski definition) is 5. The van der Waals surface area contributed by atoms with E-state index in [4.69, 9.17) is 4.74 Å². The van der Waals surface area contributed by atoms with Gasteiger partial charge in [0.2, 0.25) is 5.91 Å². The molecule has 0 bridgehead atoms. The Kier molecular flexibility index (Phi) is 5.36. The highest BCUT2D eigenvalue weighted by Gasteiger charge is 2.37. The maximum Gasteiger partial charge on any atom is 0.263 e. The van der Waals surface area contributed by atoms with Crippen LogP contribution in [-0.2, 0) is 19.4 Å². The highest BCUT2D eigenvalue weighted by molar-refractivity contribution is 7.90. The summed E-state index contributed by atoms with van der Waals surface area (Å²) in [7, 11) is -3.93. The van der Waals surface area contributed by atoms with Gasteiger partial charge in [-0.05, 0) is 25.3 Å². The van der Waals surface area contributed by atoms with Crippen molar-refractivity contribution in [1.29, 1.82) is 0 Å². The van der Waals surface area contributed by atoms with Crippen LogP contribution >= 0.6 is 0 Å². The van der Waals surface area contributed by atoms with Crippen LogP contribution in [0.2, 0.25) is 0 Å². The lowest BCUT2D eigenvalue weighted by molar-refractivity contribution is -0.146. The molecule has 0 aliphatic carbocycles. The van der Waals surface area contributed by atoms with E-state index in [0.717, 1.165) is 6.26 Å². The highest BCUT2D eigenvalue weighted by atomic mass is 32.2. The maximum atomic E-state index is 14.2. The lowest BCUT2D eigenvalue weighted by atomic mass is 9.99. The van der Waals surface area contributed by atoms with Crippen molar-refractivity contribution in [3.63, 3.8) is 0 Å². The van der Waals surface area contributed by atoms with Gasteiger partial charge in [0.15, 0.2) is 27.5 Å². The number of piperidine rings is 2. The summed E-state index contributed by atoms with van der Waals surface area (Å²) >= 11 is 0. The van der Waals surface area contributed by atoms with Gasteiger partial charge < -0.3 is 15.0 Å². The van der Waals surface area contributed by atoms with Crippen molar-refractivity contribution >= 4 is 21.7 Å². The molecule has 1 aromatic rings. The van der Waals surface area contributed by atoms with Gasteiger partial charge in [0.1, 0.15) is 10.7 Å². The van der Waals surface area contributed by atoms with Gasteiger partial charge in [-0.3, -0.25) is 9.59 Å². The van der Waals surface area contributed by atoms with Gasteiger partial charge in [-0.1, -0.05) is 0 Å². The van der Waals surface area contributed by atoms with Crippen molar-refractivity contribution in [1.82, 2.24) is 10.2 Å². The topological polar surface area (TPSA) is 92.8 Å². The molecular weight excluding hydrogens is 382 g/mol. The second kappa shape index (κ2) is 7.41. The van der Waals surface area contributed by atoms with Crippen LogP contribution in [0, 0.1) is 11.6 Å². The van der Waals surface area contributed by atoms with Crippen LogP contribution in [0.3, 0.4) is 0 Å². The summed E-state index contributed by atoms with van der Waals surface area (Å²) in [6.07, 6.45) is 1.50. The maximum absolute atomic E-state index is 14.2. The fraction of sp³-hybridized carbons (Fsp3) is 0.529. The zero-order valence-electron chi connectivity index (χ0n) is 14.7. The van der Waals surface area contributed by atoms with Gasteiger partial charge in [0, 0.05) is 37.9 Å². The number of amides is 2. The second-order valence-corrected chi connectivity index (χ2v) is 8.75. The number of rotatable bonds is 4. The van der Waals surface area contributed by atoms with E-state index in [-0.39, 0.29) is 24.3 Å². The summed E-state index contributed by atoms with van der Waals surface area (Å²) in [6, 6.07) is 0.953. The van der Waals surface area contributed by atoms with E-state index in [1.807, 2.05) is 0 Å². The molecule has 2 atom stereocenters. The quantitative estimate of drug-likeness (QED) is 0.812. The van der Waals surface area contributed by atoms with E-state index in [0.29, 0.717) is 44.5 Å². The number of nitrogens with zero attached hydrogens (tertiary/aromatic N) is 1. The first-order valence-corrected chi connectivity index (χ1v) is 10.5. The van der Waals surface area contributed by atoms with Gasteiger partial charge >= 0.3 is 0 Å². The zero-order chi connectivity index (χ0) is 19.8. The Labute approximate surface area is 155 Å². The Bertz CT molecular complexity index is 874. The number of carbonyl (C=O) groups is 2. The summed E-state index contributed by atoms with van der Waals surface area (Å²) in [5.41, 5.74) is 0. The first-order valence-electron chi connectivity index (χ1n) is 8.60. The molecule has 1 aromatic carbocycles. The van der Waals surface area contributed by atoms with E-state index in [1.165, 1.54) is 0 Å². The smallest absolute Gasteiger partial charge is 0.263 e. The molecule has 1 N–H and O–H groups in total. The van der Waals surface area contributed by atoms with E-state index >= 15 is 0 Å². The van der Waals surface area contributed by atoms with E-state index < -0.39 is 38.2 Å². The molecule has 2 aliphatic heterocycles. The Balaban J connectivity index is 1.78. The van der Waals surface area contributed by atoms with Crippen LogP contribution in [-0.4, -0.2) is 56.6 Å². The zero-order valence-corrected chi connectivity index (χ0v) is 15.5. The number of halogens is 2. The number of likely N-dealkylation sites (tertiary alicyclic amines) is 1. The summed E-state index contributed by atoms with van der Waals surface area (Å²) in [5.74, 6) is -3.22. The molecule has 3 rings (SSSR count). The summed E-state index contributed by atoms with van der Waals surface area (Å²) < 4.78 is 56.6. The average Bonchev–Trinajstić information content (AvgIpc) is 2.58. The molecule has 2 aliphatic rings. The Morgan fingerprint density at radius 1 is 1.19 bits per heavy atom. The molecular formula is C17H20F2N2O5S. The molecule has 2 saturated heterocycles. The molecule has 0 aromatic heterocycles. The highest BCUT2D eigenvalue weighted by Crippen LogP contribution is 2.28. The van der Waals surface area contributed by atoms with E-state index in [1.54, 1.807) is 4.90 Å². The van der Waals surface area contributed by atoms with Crippen LogP contribution in [0.4, 0.5) is 8.78 Å². The average molecular weight is 402 g/mol. The Morgan fingerprint density at radius 2 is 1.93 bits per heavy atom. The standard InChI is InChI=1S/C17H20F2N2O5S/c1-27(24,25)15-9-11(18)14(8-12(15)19)26-13-3-2-6-21(17(13)23)10-4-5-20-16(22)7-10/h8-10,13H,2-7H2,1H3,(H,20,22). The second-order valence-electron chi connectivity index (χ2n) is 6.76. The molecule has 2 unspecified atom stereocenters. The van der Waals surface area contributed by atoms with Crippen molar-refractivity contribution in [2.75, 3.05) is 19.3 Å². The number of benzene rings is 1. The lowest BCUT2D eigenvalue weighted by Crippen LogP contribution is -2.54. The largest absolute Gasteiger partial charge is 0.477 e. The van der Waals surface area contributed by atoms with Crippen LogP contribution in [0.25, 0.3) is 0 Å². The fourth-order valence-electron chi connectivity index (χ4n) is 3.41. The monoisotopic (exact) mass is 402 g/mol. The molecule has 0 spiro atoms. The lowest BCUT2D eigenvalue weighted by Gasteiger charge is -2.39. The molecule has 2 fully saturated rings. The Hall–Kier alpha value is -2.23. The molecule has 148 valence electrons. The van der Waals surface area contributed by atoms with Gasteiger partial charge in [-0.2, -0.15) is 0 Å². The number of nitrogens with one attached hydrogen (secondary N) is 1. The normalized spacial score (nSPS) is 23.9. The van der Waals surface area contributed by atoms with Crippen molar-refractivity contribution in [2.45, 2.75) is 42.7 Å². The third kappa shape index (κ3) is 4.20. The third-order valence-electron chi connectivity index (χ3n) is 4.74. The predicted molar refractivity (Wildman–Crippen MR) is 90.9 cm³/mol. The van der Waals surface area contributed by atoms with Crippen LogP contribution < -0.4 is 10.1 Å². The minimum atomic E-state index is -3.93. The van der Waals surface area contributed by atoms with Gasteiger partial charge in [0.25, 0.3) is 5.91 Å². The number of ether oxygens (including phenoxy) is 1. The van der Waals surface area contributed by atoms with Gasteiger partial charge in [-0.15, -0.1) is 0 Å². The minimum Gasteiger partial charge on any atom is -0.477 e. The van der Waals surface area contributed by atoms with Gasteiger partial charge in [0.05, 0.1) is 0 Å². The number of hydrogen-bond donors (Lipinski definition) is 1. The summed E-state index contributed by atoms with van der Waals surface area (Å²) in [4.78, 5) is 25.1.